The number of methoxy groups -OCH3 is 1. The minimum absolute atomic E-state index is 0.0926. The van der Waals surface area contributed by atoms with E-state index in [0.717, 1.165) is 12.3 Å². The molecule has 2 aromatic heterocycles. The highest BCUT2D eigenvalue weighted by molar-refractivity contribution is 6.11. The van der Waals surface area contributed by atoms with E-state index in [0.29, 0.717) is 19.3 Å². The molecule has 4 rings (SSSR count). The van der Waals surface area contributed by atoms with Crippen LogP contribution in [0.2, 0.25) is 0 Å². The van der Waals surface area contributed by atoms with Gasteiger partial charge in [0.2, 0.25) is 17.5 Å². The molecule has 0 aromatic carbocycles. The number of halogens is 4. The van der Waals surface area contributed by atoms with E-state index < -0.39 is 53.3 Å². The van der Waals surface area contributed by atoms with Crippen molar-refractivity contribution in [1.29, 1.82) is 5.41 Å². The first-order valence-corrected chi connectivity index (χ1v) is 11.7. The van der Waals surface area contributed by atoms with Crippen molar-refractivity contribution >= 4 is 17.5 Å². The molecule has 2 aliphatic rings. The van der Waals surface area contributed by atoms with Gasteiger partial charge in [-0.25, -0.2) is 14.4 Å². The molecule has 3 heterocycles. The van der Waals surface area contributed by atoms with Crippen LogP contribution in [0.1, 0.15) is 48.6 Å². The normalized spacial score (nSPS) is 18.8. The summed E-state index contributed by atoms with van der Waals surface area (Å²) >= 11 is 0. The van der Waals surface area contributed by atoms with Crippen LogP contribution in [-0.2, 0) is 22.3 Å². The van der Waals surface area contributed by atoms with Gasteiger partial charge in [0.05, 0.1) is 31.3 Å². The molecule has 1 aliphatic carbocycles. The van der Waals surface area contributed by atoms with Crippen LogP contribution in [0.4, 0.5) is 17.6 Å². The molecule has 10 nitrogen and oxygen atoms in total. The molecular formula is C24H26F4N6O4. The number of alkyl halides is 3. The SMILES string of the molecule is COc1cc(C(=N)C=C(N)C(=O)N2CC[C@H](C(=O)NCc3nc(C)oc3C(F)(F)F)CC23CC3)c(F)cn1. The highest BCUT2D eigenvalue weighted by Crippen LogP contribution is 2.50. The highest BCUT2D eigenvalue weighted by Gasteiger charge is 2.54. The maximum absolute atomic E-state index is 14.1. The fourth-order valence-electron chi connectivity index (χ4n) is 4.67. The second-order valence-electron chi connectivity index (χ2n) is 9.31. The molecule has 1 aliphatic heterocycles. The molecule has 1 saturated carbocycles. The summed E-state index contributed by atoms with van der Waals surface area (Å²) in [7, 11) is 1.34. The molecule has 2 fully saturated rings. The van der Waals surface area contributed by atoms with E-state index in [1.807, 2.05) is 0 Å². The first-order chi connectivity index (χ1) is 17.8. The molecule has 4 N–H and O–H groups in total. The van der Waals surface area contributed by atoms with Gasteiger partial charge < -0.3 is 30.5 Å². The number of nitrogens with one attached hydrogen (secondary N) is 2. The topological polar surface area (TPSA) is 147 Å². The number of ether oxygens (including phenoxy) is 1. The van der Waals surface area contributed by atoms with Gasteiger partial charge in [0, 0.05) is 36.6 Å². The quantitative estimate of drug-likeness (QED) is 0.279. The number of pyridine rings is 1. The van der Waals surface area contributed by atoms with E-state index in [-0.39, 0.29) is 41.7 Å². The number of amides is 2. The smallest absolute Gasteiger partial charge is 0.451 e. The fourth-order valence-corrected chi connectivity index (χ4v) is 4.67. The van der Waals surface area contributed by atoms with E-state index in [9.17, 15) is 27.2 Å². The van der Waals surface area contributed by atoms with Crippen LogP contribution in [0, 0.1) is 24.1 Å². The molecule has 204 valence electrons. The Bertz CT molecular complexity index is 1300. The summed E-state index contributed by atoms with van der Waals surface area (Å²) < 4.78 is 63.1. The minimum atomic E-state index is -4.73. The van der Waals surface area contributed by atoms with E-state index in [4.69, 9.17) is 15.9 Å². The lowest BCUT2D eigenvalue weighted by Gasteiger charge is -2.39. The van der Waals surface area contributed by atoms with E-state index >= 15 is 0 Å². The van der Waals surface area contributed by atoms with E-state index in [1.165, 1.54) is 20.1 Å². The largest absolute Gasteiger partial charge is 0.481 e. The van der Waals surface area contributed by atoms with Gasteiger partial charge in [-0.2, -0.15) is 13.2 Å². The lowest BCUT2D eigenvalue weighted by molar-refractivity contribution is -0.154. The zero-order chi connectivity index (χ0) is 27.8. The zero-order valence-electron chi connectivity index (χ0n) is 20.6. The van der Waals surface area contributed by atoms with Crippen LogP contribution < -0.4 is 15.8 Å². The van der Waals surface area contributed by atoms with Crippen LogP contribution in [0.25, 0.3) is 0 Å². The number of hydrogen-bond acceptors (Lipinski definition) is 8. The van der Waals surface area contributed by atoms with Gasteiger partial charge in [-0.15, -0.1) is 0 Å². The van der Waals surface area contributed by atoms with Crippen molar-refractivity contribution < 1.29 is 36.3 Å². The molecular weight excluding hydrogens is 512 g/mol. The molecule has 14 heteroatoms. The Balaban J connectivity index is 1.40. The Labute approximate surface area is 214 Å². The monoisotopic (exact) mass is 538 g/mol. The van der Waals surface area contributed by atoms with Crippen molar-refractivity contribution in [3.8, 4) is 5.88 Å². The third-order valence-corrected chi connectivity index (χ3v) is 6.71. The number of aromatic nitrogens is 2. The zero-order valence-corrected chi connectivity index (χ0v) is 20.6. The van der Waals surface area contributed by atoms with Crippen molar-refractivity contribution in [2.45, 2.75) is 50.9 Å². The van der Waals surface area contributed by atoms with Crippen LogP contribution in [0.15, 0.2) is 28.5 Å². The summed E-state index contributed by atoms with van der Waals surface area (Å²) in [4.78, 5) is 34.9. The average molecular weight is 539 g/mol. The standard InChI is InChI=1S/C24H26F4N6O4/c1-12-33-18(20(38-12)24(26,27)28)11-32-21(35)13-3-6-34(23(9-13)4-5-23)22(36)17(30)8-16(29)14-7-19(37-2)31-10-15(14)25/h7-8,10,13,29H,3-6,9,11,30H2,1-2H3,(H,32,35)/t13-/m0/s1. The summed E-state index contributed by atoms with van der Waals surface area (Å²) in [6, 6.07) is 1.22. The van der Waals surface area contributed by atoms with Crippen LogP contribution in [-0.4, -0.2) is 51.6 Å². The number of hydrogen-bond donors (Lipinski definition) is 3. The van der Waals surface area contributed by atoms with Gasteiger partial charge in [0.15, 0.2) is 11.7 Å². The van der Waals surface area contributed by atoms with Crippen molar-refractivity contribution in [3.05, 3.63) is 52.8 Å². The van der Waals surface area contributed by atoms with Gasteiger partial charge in [0.25, 0.3) is 5.91 Å². The summed E-state index contributed by atoms with van der Waals surface area (Å²) in [5, 5.41) is 10.7. The molecule has 38 heavy (non-hydrogen) atoms. The van der Waals surface area contributed by atoms with Crippen LogP contribution in [0.5, 0.6) is 5.88 Å². The summed E-state index contributed by atoms with van der Waals surface area (Å²) in [5.74, 6) is -3.59. The second kappa shape index (κ2) is 10.1. The first-order valence-electron chi connectivity index (χ1n) is 11.7. The predicted molar refractivity (Wildman–Crippen MR) is 124 cm³/mol. The average Bonchev–Trinajstić information content (AvgIpc) is 3.51. The number of piperidine rings is 1. The predicted octanol–water partition coefficient (Wildman–Crippen LogP) is 2.84. The Morgan fingerprint density at radius 2 is 2.11 bits per heavy atom. The molecule has 0 bridgehead atoms. The van der Waals surface area contributed by atoms with Crippen LogP contribution >= 0.6 is 0 Å². The number of carbonyl (C=O) groups is 2. The van der Waals surface area contributed by atoms with Gasteiger partial charge in [-0.05, 0) is 31.8 Å². The highest BCUT2D eigenvalue weighted by atomic mass is 19.4. The Hall–Kier alpha value is -3.97. The number of nitrogens with zero attached hydrogens (tertiary/aromatic N) is 3. The number of likely N-dealkylation sites (tertiary alicyclic amines) is 1. The lowest BCUT2D eigenvalue weighted by Crippen LogP contribution is -2.51. The third-order valence-electron chi connectivity index (χ3n) is 6.71. The van der Waals surface area contributed by atoms with Crippen molar-refractivity contribution in [2.24, 2.45) is 11.7 Å². The molecule has 2 aromatic rings. The fraction of sp³-hybridized carbons (Fsp3) is 0.458. The van der Waals surface area contributed by atoms with Crippen LogP contribution in [0.3, 0.4) is 0 Å². The molecule has 2 amide bonds. The first kappa shape index (κ1) is 27.1. The van der Waals surface area contributed by atoms with Crippen molar-refractivity contribution in [1.82, 2.24) is 20.2 Å². The van der Waals surface area contributed by atoms with Gasteiger partial charge in [-0.1, -0.05) is 0 Å². The van der Waals surface area contributed by atoms with Gasteiger partial charge >= 0.3 is 6.18 Å². The molecule has 1 saturated heterocycles. The number of nitrogens with two attached hydrogens (primary N) is 1. The number of aryl methyl sites for hydroxylation is 1. The lowest BCUT2D eigenvalue weighted by atomic mass is 9.88. The number of rotatable bonds is 7. The second-order valence-corrected chi connectivity index (χ2v) is 9.31. The number of carbonyl (C=O) groups excluding carboxylic acids is 2. The van der Waals surface area contributed by atoms with Crippen molar-refractivity contribution in [2.75, 3.05) is 13.7 Å². The van der Waals surface area contributed by atoms with Gasteiger partial charge in [-0.3, -0.25) is 9.59 Å². The third kappa shape index (κ3) is 5.48. The van der Waals surface area contributed by atoms with Crippen molar-refractivity contribution in [3.63, 3.8) is 0 Å². The Kier molecular flexibility index (Phi) is 7.17. The summed E-state index contributed by atoms with van der Waals surface area (Å²) in [5.41, 5.74) is 4.24. The molecule has 1 spiro atoms. The maximum Gasteiger partial charge on any atom is 0.451 e. The van der Waals surface area contributed by atoms with Gasteiger partial charge in [0.1, 0.15) is 5.69 Å². The maximum atomic E-state index is 14.1. The van der Waals surface area contributed by atoms with E-state index in [1.54, 1.807) is 4.90 Å². The summed E-state index contributed by atoms with van der Waals surface area (Å²) in [6.45, 7) is 1.04. The minimum Gasteiger partial charge on any atom is -0.481 e. The Morgan fingerprint density at radius 1 is 1.39 bits per heavy atom. The number of allylic oxidation sites excluding steroid dienone is 1. The molecule has 0 unspecified atom stereocenters. The number of oxazole rings is 1. The molecule has 0 radical (unpaired) electrons. The summed E-state index contributed by atoms with van der Waals surface area (Å²) in [6.07, 6.45) is -0.928. The molecule has 1 atom stereocenters. The Morgan fingerprint density at radius 3 is 2.74 bits per heavy atom. The van der Waals surface area contributed by atoms with E-state index in [2.05, 4.69) is 19.7 Å².